The fourth-order valence-electron chi connectivity index (χ4n) is 2.82. The van der Waals surface area contributed by atoms with E-state index in [2.05, 4.69) is 20.5 Å². The third kappa shape index (κ3) is 2.95. The number of nitrogens with zero attached hydrogens (tertiary/aromatic N) is 3. The molecule has 0 aliphatic heterocycles. The standard InChI is InChI=1S/C19H16FN5O/c1-12-5-4-7-13(9-12)16-10-17-23-24-19(26)25(17)18(22-16)21-11-14-6-2-3-8-15(14)20/h2-10H,11H2,1H3,(H,21,22)(H,24,26). The van der Waals surface area contributed by atoms with E-state index in [1.807, 2.05) is 31.2 Å². The Labute approximate surface area is 148 Å². The lowest BCUT2D eigenvalue weighted by molar-refractivity contribution is 0.612. The Morgan fingerprint density at radius 2 is 2.00 bits per heavy atom. The maximum absolute atomic E-state index is 13.9. The van der Waals surface area contributed by atoms with Gasteiger partial charge in [0.05, 0.1) is 5.69 Å². The molecule has 0 saturated carbocycles. The molecule has 0 unspecified atom stereocenters. The van der Waals surface area contributed by atoms with Crippen molar-refractivity contribution in [3.05, 3.63) is 82.0 Å². The molecule has 0 bridgehead atoms. The molecule has 0 fully saturated rings. The second-order valence-electron chi connectivity index (χ2n) is 6.00. The first-order valence-corrected chi connectivity index (χ1v) is 8.14. The molecule has 0 spiro atoms. The van der Waals surface area contributed by atoms with Crippen molar-refractivity contribution in [1.29, 1.82) is 0 Å². The third-order valence-corrected chi connectivity index (χ3v) is 4.11. The summed E-state index contributed by atoms with van der Waals surface area (Å²) in [6, 6.07) is 16.1. The summed E-state index contributed by atoms with van der Waals surface area (Å²) in [6.45, 7) is 2.20. The van der Waals surface area contributed by atoms with Gasteiger partial charge in [0.1, 0.15) is 5.82 Å². The average Bonchev–Trinajstić information content (AvgIpc) is 3.02. The van der Waals surface area contributed by atoms with Gasteiger partial charge in [-0.25, -0.2) is 23.7 Å². The number of aromatic nitrogens is 4. The molecular formula is C19H16FN5O. The zero-order valence-corrected chi connectivity index (χ0v) is 14.0. The first-order chi connectivity index (χ1) is 12.6. The van der Waals surface area contributed by atoms with Gasteiger partial charge in [-0.3, -0.25) is 0 Å². The predicted octanol–water partition coefficient (Wildman–Crippen LogP) is 3.14. The van der Waals surface area contributed by atoms with Gasteiger partial charge in [-0.05, 0) is 19.1 Å². The number of anilines is 1. The van der Waals surface area contributed by atoms with Gasteiger partial charge < -0.3 is 5.32 Å². The van der Waals surface area contributed by atoms with Gasteiger partial charge in [0, 0.05) is 23.7 Å². The highest BCUT2D eigenvalue weighted by Crippen LogP contribution is 2.21. The van der Waals surface area contributed by atoms with E-state index in [-0.39, 0.29) is 12.4 Å². The Kier molecular flexibility index (Phi) is 3.96. The summed E-state index contributed by atoms with van der Waals surface area (Å²) in [7, 11) is 0. The Hall–Kier alpha value is -3.48. The van der Waals surface area contributed by atoms with E-state index in [0.717, 1.165) is 11.1 Å². The van der Waals surface area contributed by atoms with E-state index in [1.54, 1.807) is 24.3 Å². The highest BCUT2D eigenvalue weighted by molar-refractivity contribution is 5.66. The Morgan fingerprint density at radius 3 is 2.81 bits per heavy atom. The molecule has 7 heteroatoms. The summed E-state index contributed by atoms with van der Waals surface area (Å²) in [5.41, 5.74) is 3.22. The first kappa shape index (κ1) is 16.0. The van der Waals surface area contributed by atoms with Gasteiger partial charge in [0.2, 0.25) is 5.95 Å². The van der Waals surface area contributed by atoms with Crippen LogP contribution >= 0.6 is 0 Å². The molecule has 2 aromatic carbocycles. The minimum Gasteiger partial charge on any atom is -0.351 e. The van der Waals surface area contributed by atoms with Gasteiger partial charge >= 0.3 is 5.69 Å². The van der Waals surface area contributed by atoms with Crippen molar-refractivity contribution in [1.82, 2.24) is 19.6 Å². The molecule has 0 aliphatic carbocycles. The topological polar surface area (TPSA) is 75.1 Å². The number of nitrogens with one attached hydrogen (secondary N) is 2. The molecule has 4 aromatic rings. The van der Waals surface area contributed by atoms with Crippen molar-refractivity contribution in [2.75, 3.05) is 5.32 Å². The highest BCUT2D eigenvalue weighted by Gasteiger charge is 2.12. The van der Waals surface area contributed by atoms with Crippen molar-refractivity contribution in [3.63, 3.8) is 0 Å². The van der Waals surface area contributed by atoms with E-state index in [1.165, 1.54) is 10.5 Å². The normalized spacial score (nSPS) is 11.0. The maximum atomic E-state index is 13.9. The first-order valence-electron chi connectivity index (χ1n) is 8.14. The van der Waals surface area contributed by atoms with Crippen LogP contribution in [0.2, 0.25) is 0 Å². The van der Waals surface area contributed by atoms with E-state index in [9.17, 15) is 9.18 Å². The monoisotopic (exact) mass is 349 g/mol. The number of aromatic amines is 1. The van der Waals surface area contributed by atoms with Crippen LogP contribution in [0.5, 0.6) is 0 Å². The lowest BCUT2D eigenvalue weighted by atomic mass is 10.1. The van der Waals surface area contributed by atoms with E-state index >= 15 is 0 Å². The summed E-state index contributed by atoms with van der Waals surface area (Å²) in [5.74, 6) is -0.00775. The fraction of sp³-hybridized carbons (Fsp3) is 0.105. The van der Waals surface area contributed by atoms with Crippen LogP contribution < -0.4 is 11.0 Å². The van der Waals surface area contributed by atoms with Crippen molar-refractivity contribution in [3.8, 4) is 11.3 Å². The number of benzene rings is 2. The SMILES string of the molecule is Cc1cccc(-c2cc3n[nH]c(=O)n3c(NCc3ccccc3F)n2)c1. The van der Waals surface area contributed by atoms with Crippen molar-refractivity contribution >= 4 is 11.6 Å². The van der Waals surface area contributed by atoms with Gasteiger partial charge in [0.15, 0.2) is 5.65 Å². The molecule has 4 rings (SSSR count). The Balaban J connectivity index is 1.78. The molecule has 0 saturated heterocycles. The lowest BCUT2D eigenvalue weighted by Gasteiger charge is -2.10. The highest BCUT2D eigenvalue weighted by atomic mass is 19.1. The number of hydrogen-bond acceptors (Lipinski definition) is 4. The van der Waals surface area contributed by atoms with Crippen LogP contribution in [0.4, 0.5) is 10.3 Å². The molecule has 0 aliphatic rings. The maximum Gasteiger partial charge on any atom is 0.350 e. The summed E-state index contributed by atoms with van der Waals surface area (Å²) in [5, 5.41) is 9.50. The summed E-state index contributed by atoms with van der Waals surface area (Å²) in [6.07, 6.45) is 0. The summed E-state index contributed by atoms with van der Waals surface area (Å²) >= 11 is 0. The molecule has 6 nitrogen and oxygen atoms in total. The van der Waals surface area contributed by atoms with Crippen LogP contribution in [0.3, 0.4) is 0 Å². The molecule has 0 radical (unpaired) electrons. The van der Waals surface area contributed by atoms with Crippen molar-refractivity contribution in [2.24, 2.45) is 0 Å². The number of hydrogen-bond donors (Lipinski definition) is 2. The van der Waals surface area contributed by atoms with Gasteiger partial charge in [-0.15, -0.1) is 0 Å². The third-order valence-electron chi connectivity index (χ3n) is 4.11. The van der Waals surface area contributed by atoms with Crippen LogP contribution in [0.1, 0.15) is 11.1 Å². The molecule has 130 valence electrons. The Morgan fingerprint density at radius 1 is 1.15 bits per heavy atom. The van der Waals surface area contributed by atoms with E-state index < -0.39 is 5.69 Å². The van der Waals surface area contributed by atoms with Crippen molar-refractivity contribution < 1.29 is 4.39 Å². The molecule has 0 atom stereocenters. The molecule has 0 amide bonds. The number of fused-ring (bicyclic) bond motifs is 1. The lowest BCUT2D eigenvalue weighted by Crippen LogP contribution is -2.16. The van der Waals surface area contributed by atoms with Crippen LogP contribution in [-0.4, -0.2) is 19.6 Å². The van der Waals surface area contributed by atoms with E-state index in [4.69, 9.17) is 0 Å². The molecule has 2 aromatic heterocycles. The van der Waals surface area contributed by atoms with Gasteiger partial charge in [-0.1, -0.05) is 42.0 Å². The minimum atomic E-state index is -0.403. The van der Waals surface area contributed by atoms with Crippen molar-refractivity contribution in [2.45, 2.75) is 13.5 Å². The van der Waals surface area contributed by atoms with Gasteiger partial charge in [0.25, 0.3) is 0 Å². The van der Waals surface area contributed by atoms with Gasteiger partial charge in [-0.2, -0.15) is 5.10 Å². The molecule has 2 N–H and O–H groups in total. The number of halogens is 1. The number of aryl methyl sites for hydroxylation is 1. The second-order valence-corrected chi connectivity index (χ2v) is 6.00. The summed E-state index contributed by atoms with van der Waals surface area (Å²) in [4.78, 5) is 16.6. The second kappa shape index (κ2) is 6.44. The van der Waals surface area contributed by atoms with Crippen LogP contribution in [-0.2, 0) is 6.54 Å². The summed E-state index contributed by atoms with van der Waals surface area (Å²) < 4.78 is 15.2. The van der Waals surface area contributed by atoms with Crippen LogP contribution in [0, 0.1) is 12.7 Å². The largest absolute Gasteiger partial charge is 0.351 e. The zero-order valence-electron chi connectivity index (χ0n) is 14.0. The van der Waals surface area contributed by atoms with E-state index in [0.29, 0.717) is 22.9 Å². The quantitative estimate of drug-likeness (QED) is 0.593. The fourth-order valence-corrected chi connectivity index (χ4v) is 2.82. The number of H-pyrrole nitrogens is 1. The van der Waals surface area contributed by atoms with Crippen LogP contribution in [0.15, 0.2) is 59.4 Å². The molecular weight excluding hydrogens is 333 g/mol. The predicted molar refractivity (Wildman–Crippen MR) is 97.5 cm³/mol. The van der Waals surface area contributed by atoms with Crippen LogP contribution in [0.25, 0.3) is 16.9 Å². The zero-order chi connectivity index (χ0) is 18.1. The molecule has 2 heterocycles. The smallest absolute Gasteiger partial charge is 0.350 e. The molecule has 26 heavy (non-hydrogen) atoms. The number of rotatable bonds is 4. The minimum absolute atomic E-state index is 0.198. The average molecular weight is 349 g/mol. The Bertz CT molecular complexity index is 1150.